The third-order valence-corrected chi connectivity index (χ3v) is 8.69. The first-order valence-electron chi connectivity index (χ1n) is 14.7. The van der Waals surface area contributed by atoms with Crippen molar-refractivity contribution < 1.29 is 0 Å². The molecule has 3 unspecified atom stereocenters. The van der Waals surface area contributed by atoms with E-state index in [1.165, 1.54) is 16.8 Å². The standard InChI is InChI=1S/C38H45NS2/c1-5-7-18-32(4)39(28-29-41-38-27-14-11-17-31(38)3)36(6-2)25-16-22-34-21-15-20-33(30-34)19-9-8-10-23-35-24-12-13-26-37(35)40/h5,8-17,20-32,38,40H,1,6-7,18-19H2,2-4H3/b9-8-,22-16-,23-10-,29-28+,36-25+. The lowest BCUT2D eigenvalue weighted by Gasteiger charge is -2.30. The van der Waals surface area contributed by atoms with Gasteiger partial charge in [-0.3, -0.25) is 0 Å². The van der Waals surface area contributed by atoms with Crippen LogP contribution in [0.4, 0.5) is 0 Å². The molecule has 41 heavy (non-hydrogen) atoms. The quantitative estimate of drug-likeness (QED) is 0.127. The molecule has 0 amide bonds. The van der Waals surface area contributed by atoms with E-state index in [-0.39, 0.29) is 0 Å². The zero-order valence-corrected chi connectivity index (χ0v) is 26.5. The van der Waals surface area contributed by atoms with Crippen LogP contribution in [-0.4, -0.2) is 16.2 Å². The van der Waals surface area contributed by atoms with Crippen molar-refractivity contribution in [1.82, 2.24) is 4.90 Å². The van der Waals surface area contributed by atoms with Crippen LogP contribution in [0.25, 0.3) is 12.2 Å². The van der Waals surface area contributed by atoms with Crippen molar-refractivity contribution in [1.29, 1.82) is 0 Å². The number of thiol groups is 1. The predicted octanol–water partition coefficient (Wildman–Crippen LogP) is 11.1. The van der Waals surface area contributed by atoms with Gasteiger partial charge in [-0.15, -0.1) is 31.0 Å². The second-order valence-corrected chi connectivity index (χ2v) is 11.9. The molecule has 3 rings (SSSR count). The summed E-state index contributed by atoms with van der Waals surface area (Å²) in [6.07, 6.45) is 32.3. The van der Waals surface area contributed by atoms with E-state index in [9.17, 15) is 0 Å². The van der Waals surface area contributed by atoms with Gasteiger partial charge in [0.2, 0.25) is 0 Å². The van der Waals surface area contributed by atoms with Crippen molar-refractivity contribution in [3.63, 3.8) is 0 Å². The molecule has 0 N–H and O–H groups in total. The third kappa shape index (κ3) is 11.3. The van der Waals surface area contributed by atoms with Gasteiger partial charge in [0.1, 0.15) is 0 Å². The van der Waals surface area contributed by atoms with Crippen LogP contribution in [-0.2, 0) is 6.42 Å². The van der Waals surface area contributed by atoms with Crippen LogP contribution in [0.5, 0.6) is 0 Å². The van der Waals surface area contributed by atoms with E-state index >= 15 is 0 Å². The van der Waals surface area contributed by atoms with Gasteiger partial charge in [-0.05, 0) is 72.8 Å². The van der Waals surface area contributed by atoms with Crippen molar-refractivity contribution in [2.45, 2.75) is 62.6 Å². The molecular formula is C38H45NS2. The molecule has 0 aromatic heterocycles. The monoisotopic (exact) mass is 579 g/mol. The Labute approximate surface area is 258 Å². The fourth-order valence-corrected chi connectivity index (χ4v) is 5.77. The lowest BCUT2D eigenvalue weighted by Crippen LogP contribution is -2.27. The Balaban J connectivity index is 1.65. The number of hydrogen-bond donors (Lipinski definition) is 1. The van der Waals surface area contributed by atoms with Crippen LogP contribution in [0, 0.1) is 5.92 Å². The molecule has 0 radical (unpaired) electrons. The zero-order chi connectivity index (χ0) is 29.3. The van der Waals surface area contributed by atoms with E-state index in [1.807, 2.05) is 36.0 Å². The molecule has 1 aliphatic carbocycles. The van der Waals surface area contributed by atoms with Gasteiger partial charge in [-0.1, -0.05) is 123 Å². The fraction of sp³-hybridized carbons (Fsp3) is 0.263. The number of thioether (sulfide) groups is 1. The number of hydrogen-bond acceptors (Lipinski definition) is 3. The first-order valence-corrected chi connectivity index (χ1v) is 16.0. The summed E-state index contributed by atoms with van der Waals surface area (Å²) in [5.74, 6) is 0.545. The molecule has 0 heterocycles. The molecule has 3 heteroatoms. The number of allylic oxidation sites excluding steroid dienone is 10. The SMILES string of the molecule is C=CCCC(C)N(/C=C/SC1C=CC=CC1C)/C(=C/C=C\c1cccc(C/C=C\C=C/c2ccccc2S)c1)CC. The van der Waals surface area contributed by atoms with E-state index < -0.39 is 0 Å². The Morgan fingerprint density at radius 1 is 1.05 bits per heavy atom. The second kappa shape index (κ2) is 18.3. The molecule has 0 saturated carbocycles. The molecule has 214 valence electrons. The lowest BCUT2D eigenvalue weighted by molar-refractivity contribution is 0.336. The van der Waals surface area contributed by atoms with Crippen molar-refractivity contribution in [3.05, 3.63) is 150 Å². The van der Waals surface area contributed by atoms with Crippen LogP contribution in [0.1, 0.15) is 56.7 Å². The normalized spacial score (nSPS) is 18.3. The van der Waals surface area contributed by atoms with E-state index in [2.05, 4.69) is 154 Å². The maximum absolute atomic E-state index is 4.51. The molecule has 0 bridgehead atoms. The highest BCUT2D eigenvalue weighted by molar-refractivity contribution is 8.02. The minimum absolute atomic E-state index is 0.397. The molecule has 0 spiro atoms. The average Bonchev–Trinajstić information content (AvgIpc) is 2.98. The molecule has 1 aliphatic rings. The highest BCUT2D eigenvalue weighted by Gasteiger charge is 2.15. The summed E-state index contributed by atoms with van der Waals surface area (Å²) >= 11 is 6.40. The predicted molar refractivity (Wildman–Crippen MR) is 188 cm³/mol. The van der Waals surface area contributed by atoms with E-state index in [0.717, 1.165) is 36.1 Å². The topological polar surface area (TPSA) is 3.24 Å². The Morgan fingerprint density at radius 3 is 2.66 bits per heavy atom. The van der Waals surface area contributed by atoms with Crippen molar-refractivity contribution in [2.24, 2.45) is 5.92 Å². The van der Waals surface area contributed by atoms with Crippen LogP contribution < -0.4 is 0 Å². The minimum Gasteiger partial charge on any atom is -0.348 e. The van der Waals surface area contributed by atoms with Crippen molar-refractivity contribution in [3.8, 4) is 0 Å². The van der Waals surface area contributed by atoms with Crippen LogP contribution in [0.3, 0.4) is 0 Å². The van der Waals surface area contributed by atoms with E-state index in [4.69, 9.17) is 0 Å². The molecule has 3 atom stereocenters. The highest BCUT2D eigenvalue weighted by Crippen LogP contribution is 2.27. The molecule has 1 nitrogen and oxygen atoms in total. The lowest BCUT2D eigenvalue weighted by atomic mass is 10.0. The molecule has 0 saturated heterocycles. The first kappa shape index (κ1) is 32.4. The smallest absolute Gasteiger partial charge is 0.0332 e. The van der Waals surface area contributed by atoms with Gasteiger partial charge < -0.3 is 4.90 Å². The Hall–Kier alpha value is -3.14. The summed E-state index contributed by atoms with van der Waals surface area (Å²) in [5.41, 5.74) is 4.95. The molecule has 0 fully saturated rings. The van der Waals surface area contributed by atoms with Gasteiger partial charge in [-0.25, -0.2) is 0 Å². The van der Waals surface area contributed by atoms with Crippen molar-refractivity contribution >= 4 is 36.5 Å². The van der Waals surface area contributed by atoms with Crippen molar-refractivity contribution in [2.75, 3.05) is 0 Å². The van der Waals surface area contributed by atoms with E-state index in [1.54, 1.807) is 0 Å². The molecule has 2 aromatic rings. The van der Waals surface area contributed by atoms with Crippen LogP contribution in [0.2, 0.25) is 0 Å². The Morgan fingerprint density at radius 2 is 1.88 bits per heavy atom. The molecular weight excluding hydrogens is 535 g/mol. The largest absolute Gasteiger partial charge is 0.348 e. The fourth-order valence-electron chi connectivity index (χ4n) is 4.63. The first-order chi connectivity index (χ1) is 20.0. The summed E-state index contributed by atoms with van der Waals surface area (Å²) in [6.45, 7) is 10.8. The summed E-state index contributed by atoms with van der Waals surface area (Å²) in [4.78, 5) is 3.43. The second-order valence-electron chi connectivity index (χ2n) is 10.3. The molecule has 2 aromatic carbocycles. The maximum atomic E-state index is 4.51. The molecule has 0 aliphatic heterocycles. The van der Waals surface area contributed by atoms with Gasteiger partial charge in [0, 0.05) is 28.1 Å². The maximum Gasteiger partial charge on any atom is 0.0332 e. The van der Waals surface area contributed by atoms with Gasteiger partial charge in [-0.2, -0.15) is 0 Å². The van der Waals surface area contributed by atoms with E-state index in [0.29, 0.717) is 17.2 Å². The van der Waals surface area contributed by atoms with Gasteiger partial charge >= 0.3 is 0 Å². The summed E-state index contributed by atoms with van der Waals surface area (Å²) in [7, 11) is 0. The number of rotatable bonds is 15. The third-order valence-electron chi connectivity index (χ3n) is 7.10. The summed E-state index contributed by atoms with van der Waals surface area (Å²) in [6, 6.07) is 17.3. The number of benzene rings is 2. The Bertz CT molecular complexity index is 1310. The summed E-state index contributed by atoms with van der Waals surface area (Å²) in [5, 5.41) is 2.75. The zero-order valence-electron chi connectivity index (χ0n) is 24.8. The average molecular weight is 580 g/mol. The minimum atomic E-state index is 0.397. The Kier molecular flexibility index (Phi) is 14.5. The van der Waals surface area contributed by atoms with Gasteiger partial charge in [0.05, 0.1) is 0 Å². The summed E-state index contributed by atoms with van der Waals surface area (Å²) < 4.78 is 0. The van der Waals surface area contributed by atoms with Gasteiger partial charge in [0.25, 0.3) is 0 Å². The van der Waals surface area contributed by atoms with Gasteiger partial charge in [0.15, 0.2) is 0 Å². The van der Waals surface area contributed by atoms with Crippen LogP contribution in [0.15, 0.2) is 138 Å². The highest BCUT2D eigenvalue weighted by atomic mass is 32.2. The van der Waals surface area contributed by atoms with Crippen LogP contribution >= 0.6 is 24.4 Å². The number of nitrogens with zero attached hydrogens (tertiary/aromatic N) is 1.